The number of carbonyl (C=O) groups is 4. The van der Waals surface area contributed by atoms with E-state index in [0.29, 0.717) is 12.0 Å². The molecule has 2 fully saturated rings. The van der Waals surface area contributed by atoms with Gasteiger partial charge < -0.3 is 20.0 Å². The van der Waals surface area contributed by atoms with Crippen molar-refractivity contribution in [2.75, 3.05) is 32.1 Å². The number of likely N-dealkylation sites (tertiary alicyclic amines) is 2. The molecule has 2 heterocycles. The molecule has 0 radical (unpaired) electrons. The molecular weight excluding hydrogens is 465 g/mol. The predicted octanol–water partition coefficient (Wildman–Crippen LogP) is 2.23. The number of nitrogens with zero attached hydrogens (tertiary/aromatic N) is 3. The van der Waals surface area contributed by atoms with Gasteiger partial charge in [-0.25, -0.2) is 0 Å². The normalized spacial score (nSPS) is 20.7. The third-order valence-corrected chi connectivity index (χ3v) is 6.33. The van der Waals surface area contributed by atoms with Crippen LogP contribution in [0.5, 0.6) is 0 Å². The molecule has 11 heteroatoms. The number of halogens is 3. The number of alkyl halides is 3. The van der Waals surface area contributed by atoms with Crippen LogP contribution < -0.4 is 10.2 Å². The smallest absolute Gasteiger partial charge is 0.378 e. The van der Waals surface area contributed by atoms with Crippen molar-refractivity contribution in [1.29, 1.82) is 0 Å². The molecular formula is C24H31F3N4O4. The highest BCUT2D eigenvalue weighted by Crippen LogP contribution is 2.32. The molecule has 3 rings (SSSR count). The Kier molecular flexibility index (Phi) is 7.76. The zero-order valence-electron chi connectivity index (χ0n) is 20.3. The van der Waals surface area contributed by atoms with Gasteiger partial charge in [0, 0.05) is 31.9 Å². The van der Waals surface area contributed by atoms with Crippen LogP contribution in [-0.2, 0) is 14.4 Å². The van der Waals surface area contributed by atoms with E-state index in [0.717, 1.165) is 10.6 Å². The first-order valence-corrected chi connectivity index (χ1v) is 11.6. The third-order valence-electron chi connectivity index (χ3n) is 6.33. The minimum atomic E-state index is -4.68. The van der Waals surface area contributed by atoms with E-state index in [9.17, 15) is 32.3 Å². The second kappa shape index (κ2) is 10.2. The number of fused-ring (bicyclic) bond motifs is 1. The van der Waals surface area contributed by atoms with E-state index in [2.05, 4.69) is 5.32 Å². The number of rotatable bonds is 7. The van der Waals surface area contributed by atoms with Gasteiger partial charge in [0.2, 0.25) is 11.8 Å². The van der Waals surface area contributed by atoms with E-state index in [4.69, 9.17) is 0 Å². The SMILES string of the molecule is CC(C)C[C@H](NC(=O)c1ccc(N(C)C)cc1)C(=O)N1CC[C@@H]2[C@H]1C(=O)CN2C(=O)CC(F)(F)F. The van der Waals surface area contributed by atoms with Crippen LogP contribution >= 0.6 is 0 Å². The van der Waals surface area contributed by atoms with Gasteiger partial charge in [-0.15, -0.1) is 0 Å². The summed E-state index contributed by atoms with van der Waals surface area (Å²) in [5.74, 6) is -2.50. The summed E-state index contributed by atoms with van der Waals surface area (Å²) in [4.78, 5) is 55.3. The molecule has 0 saturated carbocycles. The monoisotopic (exact) mass is 496 g/mol. The molecule has 0 bridgehead atoms. The van der Waals surface area contributed by atoms with Crippen LogP contribution in [0.25, 0.3) is 0 Å². The van der Waals surface area contributed by atoms with E-state index in [1.165, 1.54) is 4.90 Å². The van der Waals surface area contributed by atoms with Gasteiger partial charge in [-0.2, -0.15) is 13.2 Å². The predicted molar refractivity (Wildman–Crippen MR) is 123 cm³/mol. The Labute approximate surface area is 202 Å². The minimum Gasteiger partial charge on any atom is -0.378 e. The summed E-state index contributed by atoms with van der Waals surface area (Å²) in [6.45, 7) is 3.46. The highest BCUT2D eigenvalue weighted by molar-refractivity contribution is 6.01. The lowest BCUT2D eigenvalue weighted by Gasteiger charge is -2.29. The molecule has 1 N–H and O–H groups in total. The van der Waals surface area contributed by atoms with Gasteiger partial charge in [0.05, 0.1) is 12.6 Å². The van der Waals surface area contributed by atoms with Crippen LogP contribution in [0.2, 0.25) is 0 Å². The van der Waals surface area contributed by atoms with E-state index >= 15 is 0 Å². The van der Waals surface area contributed by atoms with Crippen molar-refractivity contribution < 1.29 is 32.3 Å². The maximum absolute atomic E-state index is 13.5. The number of carbonyl (C=O) groups excluding carboxylic acids is 4. The third kappa shape index (κ3) is 6.12. The van der Waals surface area contributed by atoms with Gasteiger partial charge in [-0.3, -0.25) is 19.2 Å². The molecule has 35 heavy (non-hydrogen) atoms. The second-order valence-corrected chi connectivity index (χ2v) is 9.71. The number of anilines is 1. The molecule has 0 unspecified atom stereocenters. The Morgan fingerprint density at radius 3 is 2.29 bits per heavy atom. The molecule has 1 aromatic rings. The molecule has 8 nitrogen and oxygen atoms in total. The molecule has 0 spiro atoms. The number of Topliss-reactive ketones (excluding diaryl/α,β-unsaturated/α-hetero) is 1. The molecule has 3 atom stereocenters. The first-order valence-electron chi connectivity index (χ1n) is 11.6. The number of hydrogen-bond acceptors (Lipinski definition) is 5. The van der Waals surface area contributed by atoms with Crippen LogP contribution in [0.3, 0.4) is 0 Å². The highest BCUT2D eigenvalue weighted by atomic mass is 19.4. The lowest BCUT2D eigenvalue weighted by atomic mass is 10.0. The fraction of sp³-hybridized carbons (Fsp3) is 0.583. The van der Waals surface area contributed by atoms with Crippen molar-refractivity contribution >= 4 is 29.2 Å². The number of hydrogen-bond donors (Lipinski definition) is 1. The summed E-state index contributed by atoms with van der Waals surface area (Å²) in [6.07, 6.45) is -5.79. The average molecular weight is 497 g/mol. The van der Waals surface area contributed by atoms with Crippen molar-refractivity contribution in [3.05, 3.63) is 29.8 Å². The van der Waals surface area contributed by atoms with Crippen LogP contribution in [0.15, 0.2) is 24.3 Å². The van der Waals surface area contributed by atoms with Crippen molar-refractivity contribution in [3.63, 3.8) is 0 Å². The Hall–Kier alpha value is -3.11. The second-order valence-electron chi connectivity index (χ2n) is 9.71. The van der Waals surface area contributed by atoms with Gasteiger partial charge >= 0.3 is 6.18 Å². The summed E-state index contributed by atoms with van der Waals surface area (Å²) < 4.78 is 38.1. The van der Waals surface area contributed by atoms with Gasteiger partial charge in [0.25, 0.3) is 5.91 Å². The standard InChI is InChI=1S/C24H31F3N4O4/c1-14(2)11-17(28-22(34)15-5-7-16(8-6-15)29(3)4)23(35)30-10-9-18-21(30)19(32)13-31(18)20(33)12-24(25,26)27/h5-8,14,17-18,21H,9-13H2,1-4H3,(H,28,34)/t17-,18+,21-/m0/s1. The molecule has 2 aliphatic heterocycles. The van der Waals surface area contributed by atoms with Gasteiger partial charge in [-0.05, 0) is 43.0 Å². The zero-order valence-corrected chi connectivity index (χ0v) is 20.3. The maximum atomic E-state index is 13.5. The minimum absolute atomic E-state index is 0.0444. The number of amides is 3. The number of nitrogens with one attached hydrogen (secondary N) is 1. The van der Waals surface area contributed by atoms with Gasteiger partial charge in [-0.1, -0.05) is 13.8 Å². The summed E-state index contributed by atoms with van der Waals surface area (Å²) >= 11 is 0. The molecule has 1 aromatic carbocycles. The topological polar surface area (TPSA) is 90.0 Å². The Morgan fingerprint density at radius 2 is 1.74 bits per heavy atom. The van der Waals surface area contributed by atoms with E-state index < -0.39 is 60.8 Å². The number of benzene rings is 1. The summed E-state index contributed by atoms with van der Waals surface area (Å²) in [6, 6.07) is 4.17. The van der Waals surface area contributed by atoms with Crippen LogP contribution in [-0.4, -0.2) is 84.8 Å². The van der Waals surface area contributed by atoms with Crippen molar-refractivity contribution in [1.82, 2.24) is 15.1 Å². The van der Waals surface area contributed by atoms with Gasteiger partial charge in [0.1, 0.15) is 18.5 Å². The quantitative estimate of drug-likeness (QED) is 0.626. The molecule has 0 aromatic heterocycles. The van der Waals surface area contributed by atoms with E-state index in [1.807, 2.05) is 32.8 Å². The van der Waals surface area contributed by atoms with Crippen LogP contribution in [0.1, 0.15) is 43.5 Å². The fourth-order valence-electron chi connectivity index (χ4n) is 4.71. The van der Waals surface area contributed by atoms with E-state index in [-0.39, 0.29) is 18.9 Å². The lowest BCUT2D eigenvalue weighted by Crippen LogP contribution is -2.53. The first kappa shape index (κ1) is 26.5. The molecule has 192 valence electrons. The maximum Gasteiger partial charge on any atom is 0.397 e. The first-order chi connectivity index (χ1) is 16.3. The number of ketones is 1. The van der Waals surface area contributed by atoms with Crippen molar-refractivity contribution in [2.24, 2.45) is 5.92 Å². The fourth-order valence-corrected chi connectivity index (χ4v) is 4.71. The highest BCUT2D eigenvalue weighted by Gasteiger charge is 2.53. The Bertz CT molecular complexity index is 978. The summed E-state index contributed by atoms with van der Waals surface area (Å²) in [5.41, 5.74) is 1.28. The molecule has 2 saturated heterocycles. The molecule has 0 aliphatic carbocycles. The van der Waals surface area contributed by atoms with Crippen LogP contribution in [0, 0.1) is 5.92 Å². The Morgan fingerprint density at radius 1 is 1.11 bits per heavy atom. The molecule has 2 aliphatic rings. The van der Waals surface area contributed by atoms with Crippen LogP contribution in [0.4, 0.5) is 18.9 Å². The lowest BCUT2D eigenvalue weighted by molar-refractivity contribution is -0.162. The van der Waals surface area contributed by atoms with Crippen molar-refractivity contribution in [3.8, 4) is 0 Å². The van der Waals surface area contributed by atoms with Crippen molar-refractivity contribution in [2.45, 2.75) is 57.4 Å². The summed E-state index contributed by atoms with van der Waals surface area (Å²) in [5, 5.41) is 2.77. The zero-order chi connectivity index (χ0) is 26.1. The largest absolute Gasteiger partial charge is 0.397 e. The molecule has 3 amide bonds. The summed E-state index contributed by atoms with van der Waals surface area (Å²) in [7, 11) is 3.75. The van der Waals surface area contributed by atoms with Gasteiger partial charge in [0.15, 0.2) is 5.78 Å². The van der Waals surface area contributed by atoms with E-state index in [1.54, 1.807) is 24.3 Å². The Balaban J connectivity index is 1.75. The average Bonchev–Trinajstić information content (AvgIpc) is 3.32.